The molecule has 0 aliphatic carbocycles. The zero-order chi connectivity index (χ0) is 20.1. The number of anilines is 1. The highest BCUT2D eigenvalue weighted by molar-refractivity contribution is 5.89. The normalized spacial score (nSPS) is 10.9. The van der Waals surface area contributed by atoms with Crippen molar-refractivity contribution in [1.29, 1.82) is 0 Å². The Balaban J connectivity index is 1.62. The zero-order valence-corrected chi connectivity index (χ0v) is 16.3. The van der Waals surface area contributed by atoms with E-state index in [9.17, 15) is 4.79 Å². The first kappa shape index (κ1) is 19.4. The molecular formula is C19H23N5O4. The fourth-order valence-corrected chi connectivity index (χ4v) is 2.70. The van der Waals surface area contributed by atoms with E-state index in [0.717, 1.165) is 5.56 Å². The predicted octanol–water partition coefficient (Wildman–Crippen LogP) is 3.10. The second-order valence-electron chi connectivity index (χ2n) is 6.38. The number of nitrogens with zero attached hydrogens (tertiary/aromatic N) is 4. The Morgan fingerprint density at radius 3 is 2.71 bits per heavy atom. The summed E-state index contributed by atoms with van der Waals surface area (Å²) in [5.74, 6) is 2.52. The Morgan fingerprint density at radius 1 is 1.21 bits per heavy atom. The molecule has 1 aromatic carbocycles. The highest BCUT2D eigenvalue weighted by Gasteiger charge is 2.14. The molecule has 9 heteroatoms. The minimum atomic E-state index is -0.145. The van der Waals surface area contributed by atoms with Crippen LogP contribution in [0.15, 0.2) is 35.0 Å². The molecule has 0 radical (unpaired) electrons. The number of rotatable bonds is 8. The lowest BCUT2D eigenvalue weighted by Gasteiger charge is -2.11. The summed E-state index contributed by atoms with van der Waals surface area (Å²) in [6.45, 7) is 3.99. The number of amides is 1. The second-order valence-corrected chi connectivity index (χ2v) is 6.38. The summed E-state index contributed by atoms with van der Waals surface area (Å²) in [7, 11) is 3.14. The zero-order valence-electron chi connectivity index (χ0n) is 16.3. The maximum atomic E-state index is 12.2. The van der Waals surface area contributed by atoms with E-state index in [2.05, 4.69) is 20.6 Å². The average Bonchev–Trinajstić information content (AvgIpc) is 3.35. The van der Waals surface area contributed by atoms with Crippen molar-refractivity contribution in [3.63, 3.8) is 0 Å². The molecule has 0 bridgehead atoms. The van der Waals surface area contributed by atoms with Crippen LogP contribution in [0.25, 0.3) is 11.4 Å². The molecule has 0 unspecified atom stereocenters. The fourth-order valence-electron chi connectivity index (χ4n) is 2.70. The third-order valence-corrected chi connectivity index (χ3v) is 4.10. The Hall–Kier alpha value is -3.36. The molecule has 2 heterocycles. The maximum absolute atomic E-state index is 12.2. The van der Waals surface area contributed by atoms with E-state index in [1.54, 1.807) is 43.3 Å². The van der Waals surface area contributed by atoms with E-state index in [0.29, 0.717) is 35.5 Å². The van der Waals surface area contributed by atoms with Crippen molar-refractivity contribution in [3.8, 4) is 22.9 Å². The minimum absolute atomic E-state index is 0.145. The van der Waals surface area contributed by atoms with Crippen molar-refractivity contribution in [2.24, 2.45) is 0 Å². The summed E-state index contributed by atoms with van der Waals surface area (Å²) in [6, 6.07) is 7.28. The van der Waals surface area contributed by atoms with Crippen molar-refractivity contribution in [2.75, 3.05) is 19.5 Å². The van der Waals surface area contributed by atoms with Crippen molar-refractivity contribution in [1.82, 2.24) is 19.9 Å². The van der Waals surface area contributed by atoms with Crippen LogP contribution in [0.5, 0.6) is 11.5 Å². The van der Waals surface area contributed by atoms with E-state index in [-0.39, 0.29) is 18.4 Å². The van der Waals surface area contributed by atoms with Crippen LogP contribution in [-0.4, -0.2) is 40.0 Å². The van der Waals surface area contributed by atoms with Gasteiger partial charge >= 0.3 is 0 Å². The number of methoxy groups -OCH3 is 2. The molecular weight excluding hydrogens is 362 g/mol. The van der Waals surface area contributed by atoms with Gasteiger partial charge in [-0.25, -0.2) is 4.68 Å². The van der Waals surface area contributed by atoms with Crippen molar-refractivity contribution in [3.05, 3.63) is 36.4 Å². The molecule has 148 valence electrons. The Bertz CT molecular complexity index is 947. The van der Waals surface area contributed by atoms with E-state index in [4.69, 9.17) is 14.0 Å². The SMILES string of the molecule is COc1ccc(-c2noc(CCC(=O)Nc3ccnn3C(C)C)n2)cc1OC. The van der Waals surface area contributed by atoms with Crippen LogP contribution in [0.3, 0.4) is 0 Å². The van der Waals surface area contributed by atoms with Gasteiger partial charge in [0.15, 0.2) is 11.5 Å². The number of carbonyl (C=O) groups is 1. The third kappa shape index (κ3) is 4.30. The number of nitrogens with one attached hydrogen (secondary N) is 1. The van der Waals surface area contributed by atoms with Gasteiger partial charge in [0.05, 0.1) is 20.4 Å². The smallest absolute Gasteiger partial charge is 0.227 e. The molecule has 9 nitrogen and oxygen atoms in total. The maximum Gasteiger partial charge on any atom is 0.227 e. The van der Waals surface area contributed by atoms with Crippen molar-refractivity contribution < 1.29 is 18.8 Å². The Morgan fingerprint density at radius 2 is 2.00 bits per heavy atom. The van der Waals surface area contributed by atoms with Crippen molar-refractivity contribution >= 4 is 11.7 Å². The topological polar surface area (TPSA) is 104 Å². The quantitative estimate of drug-likeness (QED) is 0.635. The number of carbonyl (C=O) groups excluding carboxylic acids is 1. The Labute approximate surface area is 162 Å². The Kier molecular flexibility index (Phi) is 5.93. The van der Waals surface area contributed by atoms with Gasteiger partial charge in [-0.15, -0.1) is 0 Å². The van der Waals surface area contributed by atoms with Gasteiger partial charge in [-0.1, -0.05) is 5.16 Å². The summed E-state index contributed by atoms with van der Waals surface area (Å²) in [6.07, 6.45) is 2.21. The molecule has 3 rings (SSSR count). The molecule has 0 saturated heterocycles. The van der Waals surface area contributed by atoms with Crippen LogP contribution in [0.2, 0.25) is 0 Å². The highest BCUT2D eigenvalue weighted by Crippen LogP contribution is 2.31. The van der Waals surface area contributed by atoms with Crippen LogP contribution in [0.4, 0.5) is 5.82 Å². The lowest BCUT2D eigenvalue weighted by molar-refractivity contribution is -0.116. The number of aryl methyl sites for hydroxylation is 1. The van der Waals surface area contributed by atoms with Gasteiger partial charge in [-0.3, -0.25) is 4.79 Å². The molecule has 0 fully saturated rings. The van der Waals surface area contributed by atoms with E-state index in [1.807, 2.05) is 19.9 Å². The predicted molar refractivity (Wildman–Crippen MR) is 102 cm³/mol. The lowest BCUT2D eigenvalue weighted by atomic mass is 10.2. The first-order chi connectivity index (χ1) is 13.5. The summed E-state index contributed by atoms with van der Waals surface area (Å²) in [5.41, 5.74) is 0.734. The van der Waals surface area contributed by atoms with Crippen LogP contribution in [-0.2, 0) is 11.2 Å². The summed E-state index contributed by atoms with van der Waals surface area (Å²) >= 11 is 0. The number of benzene rings is 1. The molecule has 28 heavy (non-hydrogen) atoms. The van der Waals surface area contributed by atoms with Gasteiger partial charge in [0.2, 0.25) is 17.6 Å². The summed E-state index contributed by atoms with van der Waals surface area (Å²) in [4.78, 5) is 16.6. The molecule has 0 aliphatic rings. The largest absolute Gasteiger partial charge is 0.493 e. The first-order valence-electron chi connectivity index (χ1n) is 8.90. The van der Waals surface area contributed by atoms with Gasteiger partial charge < -0.3 is 19.3 Å². The van der Waals surface area contributed by atoms with Gasteiger partial charge in [0.25, 0.3) is 0 Å². The molecule has 3 aromatic rings. The molecule has 2 aromatic heterocycles. The molecule has 1 N–H and O–H groups in total. The molecule has 0 spiro atoms. The highest BCUT2D eigenvalue weighted by atomic mass is 16.5. The van der Waals surface area contributed by atoms with Gasteiger partial charge in [-0.2, -0.15) is 10.1 Å². The summed E-state index contributed by atoms with van der Waals surface area (Å²) in [5, 5.41) is 11.0. The lowest BCUT2D eigenvalue weighted by Crippen LogP contribution is -2.17. The molecule has 0 saturated carbocycles. The molecule has 1 amide bonds. The van der Waals surface area contributed by atoms with Gasteiger partial charge in [-0.05, 0) is 32.0 Å². The van der Waals surface area contributed by atoms with E-state index in [1.165, 1.54) is 0 Å². The van der Waals surface area contributed by atoms with E-state index < -0.39 is 0 Å². The fraction of sp³-hybridized carbons (Fsp3) is 0.368. The third-order valence-electron chi connectivity index (χ3n) is 4.10. The monoisotopic (exact) mass is 385 g/mol. The second kappa shape index (κ2) is 8.55. The molecule has 0 aliphatic heterocycles. The van der Waals surface area contributed by atoms with Gasteiger partial charge in [0.1, 0.15) is 5.82 Å². The molecule has 0 atom stereocenters. The first-order valence-corrected chi connectivity index (χ1v) is 8.90. The van der Waals surface area contributed by atoms with Crippen molar-refractivity contribution in [2.45, 2.75) is 32.7 Å². The summed E-state index contributed by atoms with van der Waals surface area (Å²) < 4.78 is 17.5. The van der Waals surface area contributed by atoms with Crippen LogP contribution in [0.1, 0.15) is 32.2 Å². The van der Waals surface area contributed by atoms with Crippen LogP contribution >= 0.6 is 0 Å². The van der Waals surface area contributed by atoms with Crippen LogP contribution < -0.4 is 14.8 Å². The van der Waals surface area contributed by atoms with Gasteiger partial charge in [0, 0.05) is 30.5 Å². The number of aromatic nitrogens is 4. The minimum Gasteiger partial charge on any atom is -0.493 e. The number of hydrogen-bond acceptors (Lipinski definition) is 7. The average molecular weight is 385 g/mol. The number of hydrogen-bond donors (Lipinski definition) is 1. The van der Waals surface area contributed by atoms with Crippen LogP contribution in [0, 0.1) is 0 Å². The van der Waals surface area contributed by atoms with E-state index >= 15 is 0 Å². The standard InChI is InChI=1S/C19H23N5O4/c1-12(2)24-16(9-10-20-24)21-17(25)7-8-18-22-19(23-28-18)13-5-6-14(26-3)15(11-13)27-4/h5-6,9-12H,7-8H2,1-4H3,(H,21,25). The number of ether oxygens (including phenoxy) is 2.